The molecule has 0 aromatic heterocycles. The van der Waals surface area contributed by atoms with Crippen molar-refractivity contribution < 1.29 is 56.2 Å². The molecule has 0 aromatic rings. The fraction of sp³-hybridized carbons (Fsp3) is 0.978. The molecule has 58 heavy (non-hydrogen) atoms. The van der Waals surface area contributed by atoms with Gasteiger partial charge in [-0.05, 0) is 12.8 Å². The van der Waals surface area contributed by atoms with Crippen molar-refractivity contribution in [3.05, 3.63) is 0 Å². The van der Waals surface area contributed by atoms with Crippen molar-refractivity contribution in [1.82, 2.24) is 0 Å². The number of hydrogen-bond donors (Lipinski definition) is 4. The zero-order valence-electron chi connectivity index (χ0n) is 36.9. The molecule has 0 bridgehead atoms. The van der Waals surface area contributed by atoms with Gasteiger partial charge in [0.2, 0.25) is 0 Å². The Balaban J connectivity index is 2.36. The third kappa shape index (κ3) is 31.0. The maximum Gasteiger partial charge on any atom is 0.397 e. The van der Waals surface area contributed by atoms with Crippen molar-refractivity contribution in [2.45, 2.75) is 256 Å². The summed E-state index contributed by atoms with van der Waals surface area (Å²) in [5.74, 6) is -0.393. The first-order valence-corrected chi connectivity index (χ1v) is 25.2. The van der Waals surface area contributed by atoms with E-state index in [9.17, 15) is 28.5 Å². The molecule has 1 aliphatic heterocycles. The lowest BCUT2D eigenvalue weighted by molar-refractivity contribution is -0.301. The Morgan fingerprint density at radius 1 is 0.586 bits per heavy atom. The lowest BCUT2D eigenvalue weighted by atomic mass is 9.99. The monoisotopic (exact) mass is 853 g/mol. The Morgan fingerprint density at radius 2 is 0.983 bits per heavy atom. The average Bonchev–Trinajstić information content (AvgIpc) is 3.19. The molecule has 4 N–H and O–H groups in total. The second kappa shape index (κ2) is 37.8. The van der Waals surface area contributed by atoms with Crippen LogP contribution in [0.15, 0.2) is 0 Å². The van der Waals surface area contributed by atoms with Crippen molar-refractivity contribution >= 4 is 16.4 Å². The molecular weight excluding hydrogens is 765 g/mol. The van der Waals surface area contributed by atoms with Gasteiger partial charge in [0.15, 0.2) is 6.29 Å². The van der Waals surface area contributed by atoms with Crippen molar-refractivity contribution in [3.63, 3.8) is 0 Å². The van der Waals surface area contributed by atoms with Gasteiger partial charge in [0, 0.05) is 13.0 Å². The van der Waals surface area contributed by atoms with E-state index >= 15 is 0 Å². The fourth-order valence-corrected chi connectivity index (χ4v) is 8.12. The minimum atomic E-state index is -5.05. The van der Waals surface area contributed by atoms with Gasteiger partial charge in [-0.2, -0.15) is 8.42 Å². The molecule has 0 radical (unpaired) electrons. The highest BCUT2D eigenvalue weighted by atomic mass is 32.3. The van der Waals surface area contributed by atoms with Crippen molar-refractivity contribution in [2.24, 2.45) is 0 Å². The van der Waals surface area contributed by atoms with E-state index in [0.29, 0.717) is 13.0 Å². The number of hydrogen-bond acceptors (Lipinski definition) is 11. The summed E-state index contributed by atoms with van der Waals surface area (Å²) in [5, 5.41) is 30.7. The largest absolute Gasteiger partial charge is 0.457 e. The van der Waals surface area contributed by atoms with Gasteiger partial charge in [-0.3, -0.25) is 9.35 Å². The van der Waals surface area contributed by atoms with Crippen LogP contribution in [0.3, 0.4) is 0 Å². The molecular formula is C45H88O12S. The predicted octanol–water partition coefficient (Wildman–Crippen LogP) is 10.1. The maximum atomic E-state index is 12.9. The quantitative estimate of drug-likeness (QED) is 0.0260. The molecule has 1 aliphatic rings. The molecule has 1 fully saturated rings. The summed E-state index contributed by atoms with van der Waals surface area (Å²) in [4.78, 5) is 12.9. The van der Waals surface area contributed by atoms with Crippen molar-refractivity contribution in [2.75, 3.05) is 26.4 Å². The number of rotatable bonds is 42. The predicted molar refractivity (Wildman–Crippen MR) is 230 cm³/mol. The normalized spacial score (nSPS) is 20.4. The SMILES string of the molecule is CCCCCCCCCCCCCCCCCCCCCC(=O)OC(COCCCCCCCCCCCCCC)COC1OC(CO)C(O)C(OS(=O)(=O)O)C1O. The van der Waals surface area contributed by atoms with E-state index in [0.717, 1.165) is 38.5 Å². The van der Waals surface area contributed by atoms with Gasteiger partial charge in [-0.15, -0.1) is 0 Å². The van der Waals surface area contributed by atoms with Crippen LogP contribution in [0.1, 0.15) is 219 Å². The van der Waals surface area contributed by atoms with Gasteiger partial charge in [-0.25, -0.2) is 4.18 Å². The van der Waals surface area contributed by atoms with Gasteiger partial charge in [0.25, 0.3) is 0 Å². The summed E-state index contributed by atoms with van der Waals surface area (Å²) in [6, 6.07) is 0. The second-order valence-corrected chi connectivity index (χ2v) is 17.8. The van der Waals surface area contributed by atoms with Crippen LogP contribution >= 0.6 is 0 Å². The molecule has 346 valence electrons. The lowest BCUT2D eigenvalue weighted by Gasteiger charge is -2.41. The number of unbranched alkanes of at least 4 members (excludes halogenated alkanes) is 29. The number of aliphatic hydroxyl groups excluding tert-OH is 3. The highest BCUT2D eigenvalue weighted by Gasteiger charge is 2.48. The minimum absolute atomic E-state index is 0.0444. The highest BCUT2D eigenvalue weighted by molar-refractivity contribution is 7.80. The molecule has 6 unspecified atom stereocenters. The van der Waals surface area contributed by atoms with E-state index in [-0.39, 0.29) is 19.6 Å². The Hall–Kier alpha value is -0.900. The van der Waals surface area contributed by atoms with Crippen LogP contribution < -0.4 is 0 Å². The van der Waals surface area contributed by atoms with Crippen LogP contribution in [0.25, 0.3) is 0 Å². The Bertz CT molecular complexity index is 1030. The van der Waals surface area contributed by atoms with Crippen LogP contribution in [0.2, 0.25) is 0 Å². The summed E-state index contributed by atoms with van der Waals surface area (Å²) in [6.45, 7) is 4.03. The van der Waals surface area contributed by atoms with E-state index in [2.05, 4.69) is 18.0 Å². The van der Waals surface area contributed by atoms with E-state index in [1.165, 1.54) is 154 Å². The molecule has 0 saturated carbocycles. The molecule has 0 spiro atoms. The van der Waals surface area contributed by atoms with Crippen molar-refractivity contribution in [3.8, 4) is 0 Å². The fourth-order valence-electron chi connectivity index (χ4n) is 7.62. The smallest absolute Gasteiger partial charge is 0.397 e. The molecule has 12 nitrogen and oxygen atoms in total. The molecule has 0 aromatic carbocycles. The lowest BCUT2D eigenvalue weighted by Crippen LogP contribution is -2.60. The number of carbonyl (C=O) groups is 1. The van der Waals surface area contributed by atoms with Gasteiger partial charge >= 0.3 is 16.4 Å². The van der Waals surface area contributed by atoms with E-state index < -0.39 is 59.8 Å². The van der Waals surface area contributed by atoms with E-state index in [1.807, 2.05) is 0 Å². The zero-order chi connectivity index (χ0) is 42.5. The summed E-state index contributed by atoms with van der Waals surface area (Å²) in [7, 11) is -5.05. The second-order valence-electron chi connectivity index (χ2n) is 16.7. The summed E-state index contributed by atoms with van der Waals surface area (Å²) >= 11 is 0. The molecule has 0 amide bonds. The van der Waals surface area contributed by atoms with Gasteiger partial charge in [-0.1, -0.05) is 200 Å². The van der Waals surface area contributed by atoms with Gasteiger partial charge in [0.1, 0.15) is 30.5 Å². The third-order valence-corrected chi connectivity index (χ3v) is 11.7. The summed E-state index contributed by atoms with van der Waals surface area (Å²) < 4.78 is 59.1. The van der Waals surface area contributed by atoms with Gasteiger partial charge < -0.3 is 34.3 Å². The third-order valence-electron chi connectivity index (χ3n) is 11.2. The number of ether oxygens (including phenoxy) is 4. The first-order chi connectivity index (χ1) is 28.1. The first kappa shape index (κ1) is 55.1. The Labute approximate surface area is 354 Å². The molecule has 6 atom stereocenters. The summed E-state index contributed by atoms with van der Waals surface area (Å²) in [6.07, 6.45) is 29.9. The average molecular weight is 853 g/mol. The Kier molecular flexibility index (Phi) is 35.9. The molecule has 1 saturated heterocycles. The van der Waals surface area contributed by atoms with Crippen LogP contribution in [0.4, 0.5) is 0 Å². The van der Waals surface area contributed by atoms with E-state index in [4.69, 9.17) is 23.5 Å². The molecule has 0 aliphatic carbocycles. The number of carbonyl (C=O) groups excluding carboxylic acids is 1. The van der Waals surface area contributed by atoms with E-state index in [1.54, 1.807) is 0 Å². The minimum Gasteiger partial charge on any atom is -0.457 e. The van der Waals surface area contributed by atoms with Crippen LogP contribution in [-0.4, -0.2) is 97.5 Å². The molecule has 13 heteroatoms. The molecule has 1 rings (SSSR count). The topological polar surface area (TPSA) is 178 Å². The number of esters is 1. The summed E-state index contributed by atoms with van der Waals surface area (Å²) in [5.41, 5.74) is 0. The highest BCUT2D eigenvalue weighted by Crippen LogP contribution is 2.26. The standard InChI is InChI=1S/C45H88O12S/c1-3-5-7-9-11-13-15-17-18-19-20-21-22-23-24-26-28-30-32-34-41(47)55-39(37-53-35-33-31-29-27-25-16-14-12-10-8-6-4-2)38-54-45-43(49)44(57-58(50,51)52)42(48)40(36-46)56-45/h39-40,42-46,48-49H,3-38H2,1-2H3,(H,50,51,52). The number of aliphatic hydroxyl groups is 3. The van der Waals surface area contributed by atoms with Crippen LogP contribution in [-0.2, 0) is 38.3 Å². The van der Waals surface area contributed by atoms with Gasteiger partial charge in [0.05, 0.1) is 19.8 Å². The van der Waals surface area contributed by atoms with Crippen LogP contribution in [0.5, 0.6) is 0 Å². The molecule has 1 heterocycles. The van der Waals surface area contributed by atoms with Crippen molar-refractivity contribution in [1.29, 1.82) is 0 Å². The Morgan fingerprint density at radius 3 is 1.38 bits per heavy atom. The first-order valence-electron chi connectivity index (χ1n) is 23.8. The zero-order valence-corrected chi connectivity index (χ0v) is 37.7. The van der Waals surface area contributed by atoms with Crippen LogP contribution in [0, 0.1) is 0 Å². The maximum absolute atomic E-state index is 12.9.